The monoisotopic (exact) mass is 247 g/mol. The van der Waals surface area contributed by atoms with Crippen LogP contribution in [0.1, 0.15) is 0 Å². The van der Waals surface area contributed by atoms with Gasteiger partial charge in [-0.15, -0.1) is 0 Å². The Balaban J connectivity index is 2.62. The van der Waals surface area contributed by atoms with Crippen LogP contribution in [0.25, 0.3) is 10.9 Å². The Morgan fingerprint density at radius 1 is 1.28 bits per heavy atom. The Bertz CT molecular complexity index is 712. The van der Waals surface area contributed by atoms with Gasteiger partial charge in [-0.05, 0) is 12.1 Å². The summed E-state index contributed by atoms with van der Waals surface area (Å²) in [6.07, 6.45) is 0. The third kappa shape index (κ3) is 2.04. The number of fused-ring (bicyclic) bond motifs is 1. The number of carbonyl (C=O) groups excluding carboxylic acids is 1. The summed E-state index contributed by atoms with van der Waals surface area (Å²) < 4.78 is 0.907. The number of para-hydroxylation sites is 1. The van der Waals surface area contributed by atoms with Crippen molar-refractivity contribution < 1.29 is 4.79 Å². The minimum absolute atomic E-state index is 0.258. The summed E-state index contributed by atoms with van der Waals surface area (Å²) in [7, 11) is 3.14. The lowest BCUT2D eigenvalue weighted by molar-refractivity contribution is -0.129. The number of hydrogen-bond donors (Lipinski definition) is 1. The van der Waals surface area contributed by atoms with Crippen molar-refractivity contribution in [1.82, 2.24) is 14.5 Å². The van der Waals surface area contributed by atoms with Gasteiger partial charge >= 0.3 is 5.69 Å². The number of aromatic nitrogens is 2. The summed E-state index contributed by atoms with van der Waals surface area (Å²) in [4.78, 5) is 39.3. The van der Waals surface area contributed by atoms with Crippen LogP contribution in [0.3, 0.4) is 0 Å². The number of nitrogens with zero attached hydrogens (tertiary/aromatic N) is 2. The van der Waals surface area contributed by atoms with Crippen molar-refractivity contribution in [2.75, 3.05) is 14.1 Å². The number of likely N-dealkylation sites (N-methyl/N-ethyl adjacent to an activating group) is 1. The number of nitrogens with one attached hydrogen (secondary N) is 1. The fraction of sp³-hybridized carbons (Fsp3) is 0.250. The Morgan fingerprint density at radius 3 is 2.61 bits per heavy atom. The van der Waals surface area contributed by atoms with Crippen LogP contribution in [0, 0.1) is 0 Å². The molecule has 0 fully saturated rings. The molecular formula is C12H13N3O3. The molecule has 2 rings (SSSR count). The highest BCUT2D eigenvalue weighted by Gasteiger charge is 2.11. The maximum Gasteiger partial charge on any atom is 0.329 e. The van der Waals surface area contributed by atoms with Crippen LogP contribution in [0.4, 0.5) is 0 Å². The number of benzene rings is 1. The maximum absolute atomic E-state index is 12.1. The van der Waals surface area contributed by atoms with Gasteiger partial charge in [0.1, 0.15) is 6.54 Å². The molecule has 1 heterocycles. The quantitative estimate of drug-likeness (QED) is 0.797. The largest absolute Gasteiger partial charge is 0.347 e. The fourth-order valence-electron chi connectivity index (χ4n) is 1.62. The third-order valence-electron chi connectivity index (χ3n) is 2.68. The van der Waals surface area contributed by atoms with E-state index < -0.39 is 11.2 Å². The van der Waals surface area contributed by atoms with Crippen molar-refractivity contribution in [3.8, 4) is 0 Å². The molecule has 0 spiro atoms. The van der Waals surface area contributed by atoms with Crippen LogP contribution >= 0.6 is 0 Å². The van der Waals surface area contributed by atoms with Crippen molar-refractivity contribution in [3.63, 3.8) is 0 Å². The van der Waals surface area contributed by atoms with Crippen molar-refractivity contribution in [3.05, 3.63) is 45.1 Å². The van der Waals surface area contributed by atoms with Crippen molar-refractivity contribution in [2.24, 2.45) is 0 Å². The zero-order chi connectivity index (χ0) is 13.3. The molecule has 1 aromatic carbocycles. The molecule has 6 heteroatoms. The van der Waals surface area contributed by atoms with E-state index in [2.05, 4.69) is 4.98 Å². The van der Waals surface area contributed by atoms with Crippen LogP contribution in [0.5, 0.6) is 0 Å². The molecule has 0 aliphatic heterocycles. The van der Waals surface area contributed by atoms with Crippen molar-refractivity contribution >= 4 is 16.8 Å². The highest BCUT2D eigenvalue weighted by molar-refractivity contribution is 5.78. The predicted molar refractivity (Wildman–Crippen MR) is 67.5 cm³/mol. The number of amides is 1. The second-order valence-electron chi connectivity index (χ2n) is 4.16. The second kappa shape index (κ2) is 4.48. The Labute approximate surface area is 102 Å². The highest BCUT2D eigenvalue weighted by Crippen LogP contribution is 2.02. The van der Waals surface area contributed by atoms with Gasteiger partial charge in [-0.1, -0.05) is 12.1 Å². The van der Waals surface area contributed by atoms with Gasteiger partial charge in [0, 0.05) is 14.1 Å². The number of aromatic amines is 1. The predicted octanol–water partition coefficient (Wildman–Crippen LogP) is -0.222. The summed E-state index contributed by atoms with van der Waals surface area (Å²) in [5, 5.41) is 0.392. The first-order valence-electron chi connectivity index (χ1n) is 5.42. The van der Waals surface area contributed by atoms with Crippen molar-refractivity contribution in [2.45, 2.75) is 6.54 Å². The molecule has 0 atom stereocenters. The van der Waals surface area contributed by atoms with Gasteiger partial charge in [0.2, 0.25) is 5.91 Å². The standard InChI is InChI=1S/C12H13N3O3/c1-14(2)10(16)7-15-11(17)8-5-3-4-6-9(8)13-12(15)18/h3-6H,7H2,1-2H3,(H,13,18). The molecule has 18 heavy (non-hydrogen) atoms. The number of carbonyl (C=O) groups is 1. The lowest BCUT2D eigenvalue weighted by Crippen LogP contribution is -2.40. The molecule has 0 saturated heterocycles. The van der Waals surface area contributed by atoms with E-state index in [-0.39, 0.29) is 12.5 Å². The number of H-pyrrole nitrogens is 1. The van der Waals surface area contributed by atoms with Gasteiger partial charge in [-0.3, -0.25) is 14.2 Å². The summed E-state index contributed by atoms with van der Waals surface area (Å²) in [5.41, 5.74) is -0.556. The van der Waals surface area contributed by atoms with Gasteiger partial charge in [0.25, 0.3) is 5.56 Å². The summed E-state index contributed by atoms with van der Waals surface area (Å²) in [6, 6.07) is 6.70. The van der Waals surface area contributed by atoms with Gasteiger partial charge in [-0.2, -0.15) is 0 Å². The molecule has 0 radical (unpaired) electrons. The van der Waals surface area contributed by atoms with Crippen molar-refractivity contribution in [1.29, 1.82) is 0 Å². The first kappa shape index (κ1) is 12.1. The first-order valence-corrected chi connectivity index (χ1v) is 5.42. The van der Waals surface area contributed by atoms with E-state index in [1.807, 2.05) is 0 Å². The molecule has 0 saturated carbocycles. The molecular weight excluding hydrogens is 234 g/mol. The number of rotatable bonds is 2. The smallest absolute Gasteiger partial charge is 0.329 e. The molecule has 1 aromatic heterocycles. The average Bonchev–Trinajstić information content (AvgIpc) is 2.34. The Morgan fingerprint density at radius 2 is 1.94 bits per heavy atom. The zero-order valence-corrected chi connectivity index (χ0v) is 10.1. The van der Waals surface area contributed by atoms with Gasteiger partial charge in [0.15, 0.2) is 0 Å². The molecule has 0 aliphatic carbocycles. The number of hydrogen-bond acceptors (Lipinski definition) is 3. The van der Waals surface area contributed by atoms with E-state index in [0.29, 0.717) is 10.9 Å². The van der Waals surface area contributed by atoms with Crippen LogP contribution in [0.15, 0.2) is 33.9 Å². The van der Waals surface area contributed by atoms with Crippen LogP contribution in [-0.4, -0.2) is 34.5 Å². The molecule has 2 aromatic rings. The second-order valence-corrected chi connectivity index (χ2v) is 4.16. The molecule has 94 valence electrons. The SMILES string of the molecule is CN(C)C(=O)Cn1c(=O)[nH]c2ccccc2c1=O. The Kier molecular flexibility index (Phi) is 3.01. The summed E-state index contributed by atoms with van der Waals surface area (Å²) >= 11 is 0. The zero-order valence-electron chi connectivity index (χ0n) is 10.1. The maximum atomic E-state index is 12.1. The van der Waals surface area contributed by atoms with Gasteiger partial charge in [0.05, 0.1) is 10.9 Å². The molecule has 6 nitrogen and oxygen atoms in total. The average molecular weight is 247 g/mol. The van der Waals surface area contributed by atoms with E-state index in [1.165, 1.54) is 4.90 Å². The normalized spacial score (nSPS) is 10.6. The van der Waals surface area contributed by atoms with Crippen LogP contribution in [0.2, 0.25) is 0 Å². The lowest BCUT2D eigenvalue weighted by atomic mass is 10.2. The molecule has 0 unspecified atom stereocenters. The molecule has 0 bridgehead atoms. The highest BCUT2D eigenvalue weighted by atomic mass is 16.2. The summed E-state index contributed by atoms with van der Waals surface area (Å²) in [6.45, 7) is -0.258. The minimum Gasteiger partial charge on any atom is -0.347 e. The van der Waals surface area contributed by atoms with E-state index in [0.717, 1.165) is 4.57 Å². The minimum atomic E-state index is -0.575. The molecule has 1 N–H and O–H groups in total. The van der Waals surface area contributed by atoms with E-state index in [9.17, 15) is 14.4 Å². The Hall–Kier alpha value is -2.37. The van der Waals surface area contributed by atoms with Crippen LogP contribution in [-0.2, 0) is 11.3 Å². The van der Waals surface area contributed by atoms with Gasteiger partial charge < -0.3 is 9.88 Å². The molecule has 1 amide bonds. The van der Waals surface area contributed by atoms with E-state index >= 15 is 0 Å². The first-order chi connectivity index (χ1) is 8.50. The van der Waals surface area contributed by atoms with E-state index in [1.54, 1.807) is 38.4 Å². The topological polar surface area (TPSA) is 75.2 Å². The lowest BCUT2D eigenvalue weighted by Gasteiger charge is -2.11. The van der Waals surface area contributed by atoms with E-state index in [4.69, 9.17) is 0 Å². The van der Waals surface area contributed by atoms with Gasteiger partial charge in [-0.25, -0.2) is 4.79 Å². The molecule has 0 aliphatic rings. The summed E-state index contributed by atoms with van der Waals surface area (Å²) in [5.74, 6) is -0.308. The third-order valence-corrected chi connectivity index (χ3v) is 2.68. The van der Waals surface area contributed by atoms with Crippen LogP contribution < -0.4 is 11.2 Å². The fourth-order valence-corrected chi connectivity index (χ4v) is 1.62.